The number of nitrogens with zero attached hydrogens (tertiary/aromatic N) is 4. The highest BCUT2D eigenvalue weighted by Gasteiger charge is 2.20. The molecule has 7 nitrogen and oxygen atoms in total. The molecule has 5 rings (SSSR count). The van der Waals surface area contributed by atoms with Crippen molar-refractivity contribution in [3.8, 4) is 23.0 Å². The van der Waals surface area contributed by atoms with Crippen LogP contribution in [0.2, 0.25) is 0 Å². The first kappa shape index (κ1) is 20.7. The van der Waals surface area contributed by atoms with E-state index in [2.05, 4.69) is 11.0 Å². The molecule has 0 atom stereocenters. The normalized spacial score (nSPS) is 13.8. The number of benzene rings is 3. The van der Waals surface area contributed by atoms with Crippen molar-refractivity contribution in [2.24, 2.45) is 0 Å². The Morgan fingerprint density at radius 3 is 2.48 bits per heavy atom. The quantitative estimate of drug-likeness (QED) is 0.492. The van der Waals surface area contributed by atoms with Gasteiger partial charge in [-0.25, -0.2) is 0 Å². The molecule has 0 saturated carbocycles. The first-order chi connectivity index (χ1) is 16.1. The molecular formula is C26H23N5O2. The summed E-state index contributed by atoms with van der Waals surface area (Å²) < 4.78 is 6.82. The van der Waals surface area contributed by atoms with Crippen LogP contribution in [0.5, 0.6) is 0 Å². The van der Waals surface area contributed by atoms with Gasteiger partial charge in [0, 0.05) is 24.0 Å². The van der Waals surface area contributed by atoms with Gasteiger partial charge < -0.3 is 15.4 Å². The van der Waals surface area contributed by atoms with Crippen LogP contribution in [0, 0.1) is 18.3 Å². The largest absolute Gasteiger partial charge is 0.397 e. The second-order valence-corrected chi connectivity index (χ2v) is 8.12. The maximum absolute atomic E-state index is 13.5. The van der Waals surface area contributed by atoms with Crippen molar-refractivity contribution in [2.45, 2.75) is 6.92 Å². The molecule has 0 aliphatic carbocycles. The zero-order chi connectivity index (χ0) is 22.9. The van der Waals surface area contributed by atoms with Gasteiger partial charge in [0.1, 0.15) is 6.07 Å². The van der Waals surface area contributed by atoms with E-state index < -0.39 is 0 Å². The van der Waals surface area contributed by atoms with E-state index in [1.165, 1.54) is 4.68 Å². The van der Waals surface area contributed by atoms with E-state index in [9.17, 15) is 10.1 Å². The minimum Gasteiger partial charge on any atom is -0.397 e. The summed E-state index contributed by atoms with van der Waals surface area (Å²) in [5.74, 6) is 0. The smallest absolute Gasteiger partial charge is 0.279 e. The van der Waals surface area contributed by atoms with Gasteiger partial charge in [-0.15, -0.1) is 0 Å². The third-order valence-corrected chi connectivity index (χ3v) is 5.94. The molecule has 164 valence electrons. The molecule has 0 unspecified atom stereocenters. The third-order valence-electron chi connectivity index (χ3n) is 5.94. The van der Waals surface area contributed by atoms with Gasteiger partial charge in [0.15, 0.2) is 0 Å². The Balaban J connectivity index is 1.78. The van der Waals surface area contributed by atoms with Gasteiger partial charge >= 0.3 is 0 Å². The fraction of sp³-hybridized carbons (Fsp3) is 0.192. The number of nitrogen functional groups attached to an aromatic ring is 1. The molecule has 1 saturated heterocycles. The van der Waals surface area contributed by atoms with E-state index >= 15 is 0 Å². The lowest BCUT2D eigenvalue weighted by atomic mass is 10.0. The van der Waals surface area contributed by atoms with Crippen molar-refractivity contribution in [3.05, 3.63) is 82.1 Å². The number of morpholine rings is 1. The molecule has 0 spiro atoms. The minimum atomic E-state index is -0.258. The number of nitrogens with two attached hydrogens (primary N) is 1. The molecule has 1 aliphatic heterocycles. The van der Waals surface area contributed by atoms with Crippen LogP contribution in [0.3, 0.4) is 0 Å². The molecule has 0 bridgehead atoms. The molecular weight excluding hydrogens is 414 g/mol. The Kier molecular flexibility index (Phi) is 5.29. The number of hydrogen-bond acceptors (Lipinski definition) is 6. The summed E-state index contributed by atoms with van der Waals surface area (Å²) in [7, 11) is 0. The lowest BCUT2D eigenvalue weighted by molar-refractivity contribution is 0.122. The number of aromatic nitrogens is 2. The average molecular weight is 438 g/mol. The Bertz CT molecular complexity index is 1460. The summed E-state index contributed by atoms with van der Waals surface area (Å²) in [5.41, 5.74) is 10.8. The topological polar surface area (TPSA) is 97.2 Å². The maximum Gasteiger partial charge on any atom is 0.279 e. The molecule has 7 heteroatoms. The Morgan fingerprint density at radius 1 is 1.00 bits per heavy atom. The van der Waals surface area contributed by atoms with Gasteiger partial charge in [-0.1, -0.05) is 42.0 Å². The first-order valence-corrected chi connectivity index (χ1v) is 10.8. The Morgan fingerprint density at radius 2 is 1.76 bits per heavy atom. The monoisotopic (exact) mass is 437 g/mol. The van der Waals surface area contributed by atoms with E-state index in [0.29, 0.717) is 54.3 Å². The first-order valence-electron chi connectivity index (χ1n) is 10.8. The van der Waals surface area contributed by atoms with E-state index in [-0.39, 0.29) is 5.56 Å². The van der Waals surface area contributed by atoms with Crippen molar-refractivity contribution >= 4 is 22.1 Å². The van der Waals surface area contributed by atoms with Crippen molar-refractivity contribution in [1.29, 1.82) is 5.26 Å². The van der Waals surface area contributed by atoms with Crippen LogP contribution in [-0.4, -0.2) is 36.1 Å². The van der Waals surface area contributed by atoms with Crippen molar-refractivity contribution < 1.29 is 4.74 Å². The lowest BCUT2D eigenvalue weighted by Crippen LogP contribution is -2.37. The van der Waals surface area contributed by atoms with Gasteiger partial charge in [0.05, 0.1) is 46.9 Å². The van der Waals surface area contributed by atoms with Crippen molar-refractivity contribution in [1.82, 2.24) is 9.78 Å². The zero-order valence-corrected chi connectivity index (χ0v) is 18.3. The predicted octanol–water partition coefficient (Wildman–Crippen LogP) is 3.65. The average Bonchev–Trinajstić information content (AvgIpc) is 2.85. The van der Waals surface area contributed by atoms with Gasteiger partial charge in [-0.2, -0.15) is 15.0 Å². The van der Waals surface area contributed by atoms with Crippen LogP contribution >= 0.6 is 0 Å². The molecule has 1 fully saturated rings. The Labute approximate surface area is 191 Å². The van der Waals surface area contributed by atoms with Crippen LogP contribution in [-0.2, 0) is 4.74 Å². The highest BCUT2D eigenvalue weighted by molar-refractivity contribution is 5.94. The minimum absolute atomic E-state index is 0.258. The molecule has 1 aliphatic rings. The summed E-state index contributed by atoms with van der Waals surface area (Å²) in [6.45, 7) is 4.50. The van der Waals surface area contributed by atoms with Gasteiger partial charge in [-0.3, -0.25) is 4.79 Å². The van der Waals surface area contributed by atoms with Crippen LogP contribution in [0.4, 0.5) is 11.4 Å². The lowest BCUT2D eigenvalue weighted by Gasteiger charge is -2.30. The van der Waals surface area contributed by atoms with Crippen LogP contribution < -0.4 is 16.2 Å². The zero-order valence-electron chi connectivity index (χ0n) is 18.3. The van der Waals surface area contributed by atoms with Crippen molar-refractivity contribution in [2.75, 3.05) is 36.9 Å². The molecule has 3 aromatic carbocycles. The van der Waals surface area contributed by atoms with Gasteiger partial charge in [0.25, 0.3) is 5.56 Å². The molecule has 2 N–H and O–H groups in total. The van der Waals surface area contributed by atoms with Crippen molar-refractivity contribution in [3.63, 3.8) is 0 Å². The number of anilines is 2. The van der Waals surface area contributed by atoms with Crippen LogP contribution in [0.25, 0.3) is 27.7 Å². The number of hydrogen-bond donors (Lipinski definition) is 1. The van der Waals surface area contributed by atoms with Crippen LogP contribution in [0.15, 0.2) is 65.5 Å². The van der Waals surface area contributed by atoms with E-state index in [4.69, 9.17) is 15.6 Å². The summed E-state index contributed by atoms with van der Waals surface area (Å²) >= 11 is 0. The van der Waals surface area contributed by atoms with E-state index in [0.717, 1.165) is 22.2 Å². The van der Waals surface area contributed by atoms with E-state index in [1.807, 2.05) is 49.4 Å². The number of aryl methyl sites for hydroxylation is 1. The highest BCUT2D eigenvalue weighted by Crippen LogP contribution is 2.31. The number of rotatable bonds is 3. The predicted molar refractivity (Wildman–Crippen MR) is 130 cm³/mol. The highest BCUT2D eigenvalue weighted by atomic mass is 16.5. The van der Waals surface area contributed by atoms with Crippen LogP contribution in [0.1, 0.15) is 11.1 Å². The molecule has 33 heavy (non-hydrogen) atoms. The van der Waals surface area contributed by atoms with Gasteiger partial charge in [-0.05, 0) is 31.2 Å². The second kappa shape index (κ2) is 8.41. The summed E-state index contributed by atoms with van der Waals surface area (Å²) in [6.07, 6.45) is 0. The third kappa shape index (κ3) is 3.71. The SMILES string of the molecule is Cc1cccc(-c2nn(-c3cc(N4CCOCC4)c(C#N)cc3N)c(=O)c3ccccc23)c1. The fourth-order valence-corrected chi connectivity index (χ4v) is 4.29. The van der Waals surface area contributed by atoms with Gasteiger partial charge in [0.2, 0.25) is 0 Å². The summed E-state index contributed by atoms with van der Waals surface area (Å²) in [5, 5.41) is 15.8. The number of fused-ring (bicyclic) bond motifs is 1. The standard InChI is InChI=1S/C26H23N5O2/c1-17-5-4-6-18(13-17)25-20-7-2-3-8-21(20)26(32)31(29-25)24-15-23(19(16-27)14-22(24)28)30-9-11-33-12-10-30/h2-8,13-15H,9-12,28H2,1H3. The number of nitriles is 1. The maximum atomic E-state index is 13.5. The van der Waals surface area contributed by atoms with E-state index in [1.54, 1.807) is 18.2 Å². The molecule has 0 amide bonds. The molecule has 2 heterocycles. The molecule has 1 aromatic heterocycles. The molecule has 0 radical (unpaired) electrons. The molecule has 4 aromatic rings. The second-order valence-electron chi connectivity index (χ2n) is 8.12. The fourth-order valence-electron chi connectivity index (χ4n) is 4.29. The summed E-state index contributed by atoms with van der Waals surface area (Å²) in [4.78, 5) is 15.6. The Hall–Kier alpha value is -4.15. The summed E-state index contributed by atoms with van der Waals surface area (Å²) in [6, 6.07) is 21.1. The number of ether oxygens (including phenoxy) is 1.